The van der Waals surface area contributed by atoms with E-state index in [-0.39, 0.29) is 40.9 Å². The lowest BCUT2D eigenvalue weighted by Crippen LogP contribution is -2.45. The van der Waals surface area contributed by atoms with Crippen LogP contribution in [-0.4, -0.2) is 58.0 Å². The molecule has 0 spiro atoms. The number of amides is 2. The third-order valence-electron chi connectivity index (χ3n) is 7.75. The summed E-state index contributed by atoms with van der Waals surface area (Å²) in [6, 6.07) is 14.2. The Labute approximate surface area is 283 Å². The number of ether oxygens (including phenoxy) is 2. The smallest absolute Gasteiger partial charge is 0.332 e. The first-order valence-electron chi connectivity index (χ1n) is 14.8. The number of nitrogens with one attached hydrogen (secondary N) is 1. The van der Waals surface area contributed by atoms with Gasteiger partial charge in [0.25, 0.3) is 11.8 Å². The van der Waals surface area contributed by atoms with E-state index in [1.165, 1.54) is 13.2 Å². The molecule has 0 bridgehead atoms. The van der Waals surface area contributed by atoms with E-state index < -0.39 is 41.0 Å². The molecule has 3 atom stereocenters. The topological polar surface area (TPSA) is 132 Å². The number of benzene rings is 3. The van der Waals surface area contributed by atoms with E-state index in [1.54, 1.807) is 60.6 Å². The maximum absolute atomic E-state index is 13.7. The van der Waals surface area contributed by atoms with Crippen molar-refractivity contribution < 1.29 is 37.3 Å². The van der Waals surface area contributed by atoms with Gasteiger partial charge in [0.2, 0.25) is 6.29 Å². The Morgan fingerprint density at radius 1 is 1.06 bits per heavy atom. The van der Waals surface area contributed by atoms with Crippen LogP contribution >= 0.6 is 23.2 Å². The number of carbonyl (C=O) groups is 4. The van der Waals surface area contributed by atoms with Gasteiger partial charge in [0.05, 0.1) is 21.9 Å². The van der Waals surface area contributed by atoms with E-state index >= 15 is 0 Å². The molecular formula is C34H32Cl2N2O8S. The molecule has 0 aliphatic carbocycles. The van der Waals surface area contributed by atoms with Gasteiger partial charge in [-0.2, -0.15) is 0 Å². The summed E-state index contributed by atoms with van der Waals surface area (Å²) in [6.07, 6.45) is 2.33. The Kier molecular flexibility index (Phi) is 10.7. The minimum atomic E-state index is -1.28. The van der Waals surface area contributed by atoms with E-state index in [1.807, 2.05) is 12.1 Å². The molecule has 10 nitrogen and oxygen atoms in total. The molecular weight excluding hydrogens is 667 g/mol. The zero-order valence-corrected chi connectivity index (χ0v) is 28.2. The molecule has 1 aromatic heterocycles. The molecule has 2 heterocycles. The monoisotopic (exact) mass is 698 g/mol. The third kappa shape index (κ3) is 7.86. The first-order chi connectivity index (χ1) is 22.4. The van der Waals surface area contributed by atoms with Gasteiger partial charge in [-0.25, -0.2) is 4.79 Å². The maximum atomic E-state index is 13.7. The van der Waals surface area contributed by atoms with E-state index in [0.29, 0.717) is 45.7 Å². The molecule has 5 rings (SSSR count). The van der Waals surface area contributed by atoms with Crippen LogP contribution in [0.5, 0.6) is 0 Å². The zero-order chi connectivity index (χ0) is 33.8. The molecule has 246 valence electrons. The summed E-state index contributed by atoms with van der Waals surface area (Å²) in [7, 11) is -1.28. The summed E-state index contributed by atoms with van der Waals surface area (Å²) in [5, 5.41) is 3.73. The highest BCUT2D eigenvalue weighted by Crippen LogP contribution is 2.35. The van der Waals surface area contributed by atoms with Crippen molar-refractivity contribution in [1.82, 2.24) is 10.2 Å². The molecule has 0 fully saturated rings. The number of carbonyl (C=O) groups excluding carboxylic acids is 4. The molecule has 4 aromatic rings. The van der Waals surface area contributed by atoms with Gasteiger partial charge in [-0.1, -0.05) is 48.3 Å². The number of nitrogens with zero attached hydrogens (tertiary/aromatic N) is 1. The highest BCUT2D eigenvalue weighted by Gasteiger charge is 2.31. The second-order valence-electron chi connectivity index (χ2n) is 11.0. The second kappa shape index (κ2) is 14.7. The Morgan fingerprint density at radius 2 is 1.85 bits per heavy atom. The number of hydrogen-bond acceptors (Lipinski definition) is 8. The summed E-state index contributed by atoms with van der Waals surface area (Å²) in [4.78, 5) is 54.3. The van der Waals surface area contributed by atoms with Crippen molar-refractivity contribution in [2.24, 2.45) is 0 Å². The van der Waals surface area contributed by atoms with Crippen LogP contribution in [0.3, 0.4) is 0 Å². The fourth-order valence-corrected chi connectivity index (χ4v) is 6.70. The van der Waals surface area contributed by atoms with E-state index in [0.717, 1.165) is 5.39 Å². The van der Waals surface area contributed by atoms with E-state index in [9.17, 15) is 23.4 Å². The standard InChI is InChI=1S/C34H32Cl2N2O8S/c1-4-29(39)45-19(2)46-34(42)27(15-20-6-5-7-24(14-20)47(3)43)37-32(40)30-26(35)16-23-18-38(12-10-25(23)31(30)36)33(41)22-9-8-21-11-13-44-28(21)17-22/h5-9,11,13-14,16-17,19,27H,4,10,12,15,18H2,1-3H3,(H,37,40)/t19?,27-,47?/m0/s1. The second-order valence-corrected chi connectivity index (χ2v) is 13.2. The molecule has 13 heteroatoms. The lowest BCUT2D eigenvalue weighted by molar-refractivity contribution is -0.185. The minimum absolute atomic E-state index is 0.0227. The Morgan fingerprint density at radius 3 is 2.60 bits per heavy atom. The molecule has 1 aliphatic rings. The quantitative estimate of drug-likeness (QED) is 0.161. The van der Waals surface area contributed by atoms with Gasteiger partial charge in [-0.15, -0.1) is 0 Å². The van der Waals surface area contributed by atoms with Crippen LogP contribution in [0.2, 0.25) is 10.0 Å². The normalized spacial score (nSPS) is 14.5. The highest BCUT2D eigenvalue weighted by atomic mass is 35.5. The fraction of sp³-hybridized carbons (Fsp3) is 0.294. The predicted molar refractivity (Wildman–Crippen MR) is 177 cm³/mol. The Balaban J connectivity index is 1.37. The van der Waals surface area contributed by atoms with Gasteiger partial charge in [-0.3, -0.25) is 18.6 Å². The number of esters is 2. The van der Waals surface area contributed by atoms with Gasteiger partial charge in [0, 0.05) is 65.8 Å². The molecule has 2 amide bonds. The molecule has 0 saturated heterocycles. The van der Waals surface area contributed by atoms with Gasteiger partial charge in [0.15, 0.2) is 0 Å². The number of furan rings is 1. The summed E-state index contributed by atoms with van der Waals surface area (Å²) in [5.41, 5.74) is 3.04. The first-order valence-corrected chi connectivity index (χ1v) is 17.2. The summed E-state index contributed by atoms with van der Waals surface area (Å²) in [5.74, 6) is -2.32. The third-order valence-corrected chi connectivity index (χ3v) is 9.38. The summed E-state index contributed by atoms with van der Waals surface area (Å²) >= 11 is 13.4. The average molecular weight is 700 g/mol. The number of rotatable bonds is 10. The average Bonchev–Trinajstić information content (AvgIpc) is 3.52. The molecule has 0 radical (unpaired) electrons. The van der Waals surface area contributed by atoms with Crippen molar-refractivity contribution >= 4 is 68.7 Å². The number of fused-ring (bicyclic) bond motifs is 2. The first kappa shape index (κ1) is 34.2. The van der Waals surface area contributed by atoms with Crippen LogP contribution in [0.1, 0.15) is 57.7 Å². The molecule has 3 aromatic carbocycles. The van der Waals surface area contributed by atoms with Gasteiger partial charge in [0.1, 0.15) is 11.6 Å². The van der Waals surface area contributed by atoms with Gasteiger partial charge >= 0.3 is 11.9 Å². The van der Waals surface area contributed by atoms with Crippen LogP contribution in [0.25, 0.3) is 11.0 Å². The molecule has 1 N–H and O–H groups in total. The molecule has 0 saturated carbocycles. The maximum Gasteiger partial charge on any atom is 0.332 e. The van der Waals surface area contributed by atoms with Crippen LogP contribution in [-0.2, 0) is 49.2 Å². The van der Waals surface area contributed by atoms with Crippen LogP contribution in [0, 0.1) is 0 Å². The van der Waals surface area contributed by atoms with Gasteiger partial charge in [-0.05, 0) is 59.5 Å². The summed E-state index contributed by atoms with van der Waals surface area (Å²) in [6.45, 7) is 3.58. The van der Waals surface area contributed by atoms with Crippen molar-refractivity contribution in [2.75, 3.05) is 12.8 Å². The molecule has 1 aliphatic heterocycles. The lowest BCUT2D eigenvalue weighted by Gasteiger charge is -2.30. The van der Waals surface area contributed by atoms with Crippen molar-refractivity contribution in [2.45, 2.75) is 56.9 Å². The van der Waals surface area contributed by atoms with Crippen molar-refractivity contribution in [1.29, 1.82) is 0 Å². The number of hydrogen-bond donors (Lipinski definition) is 1. The Bertz CT molecular complexity index is 1890. The molecule has 2 unspecified atom stereocenters. The Hall–Kier alpha value is -4.19. The highest BCUT2D eigenvalue weighted by molar-refractivity contribution is 7.84. The SMILES string of the molecule is CCC(=O)OC(C)OC(=O)[C@H](Cc1cccc(S(C)=O)c1)NC(=O)c1c(Cl)cc2c(c1Cl)CCN(C(=O)c1ccc3ccoc3c1)C2. The van der Waals surface area contributed by atoms with Gasteiger partial charge < -0.3 is 24.1 Å². The number of halogens is 2. The van der Waals surface area contributed by atoms with Crippen molar-refractivity contribution in [3.63, 3.8) is 0 Å². The van der Waals surface area contributed by atoms with E-state index in [2.05, 4.69) is 5.32 Å². The summed E-state index contributed by atoms with van der Waals surface area (Å²) < 4.78 is 27.9. The minimum Gasteiger partial charge on any atom is -0.464 e. The van der Waals surface area contributed by atoms with Crippen LogP contribution in [0.15, 0.2) is 70.2 Å². The fourth-order valence-electron chi connectivity index (χ4n) is 5.35. The van der Waals surface area contributed by atoms with Crippen molar-refractivity contribution in [3.8, 4) is 0 Å². The van der Waals surface area contributed by atoms with Crippen molar-refractivity contribution in [3.05, 3.63) is 98.7 Å². The lowest BCUT2D eigenvalue weighted by atomic mass is 9.95. The zero-order valence-electron chi connectivity index (χ0n) is 25.8. The van der Waals surface area contributed by atoms with Crippen LogP contribution < -0.4 is 5.32 Å². The van der Waals surface area contributed by atoms with E-state index in [4.69, 9.17) is 37.1 Å². The van der Waals surface area contributed by atoms with Crippen LogP contribution in [0.4, 0.5) is 0 Å². The predicted octanol–water partition coefficient (Wildman–Crippen LogP) is 5.86. The largest absolute Gasteiger partial charge is 0.464 e. The molecule has 47 heavy (non-hydrogen) atoms.